The van der Waals surface area contributed by atoms with Crippen LogP contribution in [0.25, 0.3) is 21.8 Å². The highest BCUT2D eigenvalue weighted by molar-refractivity contribution is 5.99. The van der Waals surface area contributed by atoms with Gasteiger partial charge in [-0.25, -0.2) is 4.98 Å². The number of rotatable bonds is 12. The minimum atomic E-state index is 0.823. The first kappa shape index (κ1) is 22.3. The zero-order valence-electron chi connectivity index (χ0n) is 19.0. The van der Waals surface area contributed by atoms with Crippen molar-refractivity contribution in [3.63, 3.8) is 0 Å². The molecule has 0 saturated heterocycles. The quantitative estimate of drug-likeness (QED) is 0.195. The summed E-state index contributed by atoms with van der Waals surface area (Å²) in [5.41, 5.74) is 10.4. The second-order valence-corrected chi connectivity index (χ2v) is 8.70. The molecule has 0 aliphatic carbocycles. The smallest absolute Gasteiger partial charge is 0.0730 e. The Morgan fingerprint density at radius 2 is 1.34 bits per heavy atom. The van der Waals surface area contributed by atoms with Crippen LogP contribution in [0.5, 0.6) is 0 Å². The molecule has 32 heavy (non-hydrogen) atoms. The maximum absolute atomic E-state index is 5.60. The number of unbranched alkanes of at least 4 members (excludes halogenated alkanes) is 6. The minimum Gasteiger partial charge on any atom is -0.367 e. The van der Waals surface area contributed by atoms with Crippen LogP contribution in [0.1, 0.15) is 50.5 Å². The van der Waals surface area contributed by atoms with E-state index in [0.717, 1.165) is 37.1 Å². The third kappa shape index (κ3) is 5.86. The molecule has 0 aliphatic heterocycles. The van der Waals surface area contributed by atoms with Crippen molar-refractivity contribution in [2.45, 2.75) is 51.5 Å². The van der Waals surface area contributed by atoms with E-state index in [-0.39, 0.29) is 0 Å². The molecule has 3 heteroatoms. The Hall–Kier alpha value is -2.91. The third-order valence-electron chi connectivity index (χ3n) is 6.23. The van der Waals surface area contributed by atoms with Gasteiger partial charge in [0, 0.05) is 29.5 Å². The van der Waals surface area contributed by atoms with E-state index in [2.05, 4.69) is 83.8 Å². The number of anilines is 1. The van der Waals surface area contributed by atoms with Crippen molar-refractivity contribution >= 4 is 27.5 Å². The number of benzene rings is 3. The summed E-state index contributed by atoms with van der Waals surface area (Å²) in [5, 5.41) is 2.44. The predicted molar refractivity (Wildman–Crippen MR) is 138 cm³/mol. The molecule has 0 fully saturated rings. The average Bonchev–Trinajstić information content (AvgIpc) is 2.84. The Morgan fingerprint density at radius 1 is 0.656 bits per heavy atom. The number of nitrogens with two attached hydrogens (primary N) is 1. The van der Waals surface area contributed by atoms with Gasteiger partial charge in [0.05, 0.1) is 11.0 Å². The van der Waals surface area contributed by atoms with Crippen LogP contribution < -0.4 is 10.6 Å². The second kappa shape index (κ2) is 11.6. The molecule has 1 aromatic heterocycles. The van der Waals surface area contributed by atoms with E-state index in [4.69, 9.17) is 10.7 Å². The number of aromatic nitrogens is 1. The lowest BCUT2D eigenvalue weighted by Gasteiger charge is -2.26. The summed E-state index contributed by atoms with van der Waals surface area (Å²) < 4.78 is 0. The predicted octanol–water partition coefficient (Wildman–Crippen LogP) is 7.08. The Morgan fingerprint density at radius 3 is 2.16 bits per heavy atom. The molecule has 1 heterocycles. The van der Waals surface area contributed by atoms with Crippen LogP contribution in [-0.4, -0.2) is 18.1 Å². The molecule has 0 amide bonds. The highest BCUT2D eigenvalue weighted by Gasteiger charge is 2.12. The van der Waals surface area contributed by atoms with E-state index < -0.39 is 0 Å². The van der Waals surface area contributed by atoms with Gasteiger partial charge >= 0.3 is 0 Å². The van der Waals surface area contributed by atoms with Gasteiger partial charge in [0.2, 0.25) is 0 Å². The van der Waals surface area contributed by atoms with Gasteiger partial charge in [0.1, 0.15) is 0 Å². The molecule has 0 aliphatic rings. The van der Waals surface area contributed by atoms with Gasteiger partial charge < -0.3 is 10.6 Å². The van der Waals surface area contributed by atoms with Crippen LogP contribution in [0.3, 0.4) is 0 Å². The van der Waals surface area contributed by atoms with Gasteiger partial charge in [-0.1, -0.05) is 86.7 Å². The van der Waals surface area contributed by atoms with E-state index in [1.807, 2.05) is 0 Å². The van der Waals surface area contributed by atoms with Crippen LogP contribution in [0.2, 0.25) is 0 Å². The van der Waals surface area contributed by atoms with Crippen molar-refractivity contribution in [3.8, 4) is 0 Å². The Labute approximate surface area is 192 Å². The molecule has 0 atom stereocenters. The lowest BCUT2D eigenvalue weighted by atomic mass is 10.1. The molecule has 0 saturated carbocycles. The van der Waals surface area contributed by atoms with Gasteiger partial charge in [-0.3, -0.25) is 0 Å². The number of nitrogens with zero attached hydrogens (tertiary/aromatic N) is 2. The molecular weight excluding hydrogens is 390 g/mol. The fourth-order valence-electron chi connectivity index (χ4n) is 4.48. The normalized spacial score (nSPS) is 11.3. The highest BCUT2D eigenvalue weighted by atomic mass is 15.1. The third-order valence-corrected chi connectivity index (χ3v) is 6.23. The topological polar surface area (TPSA) is 42.1 Å². The minimum absolute atomic E-state index is 0.823. The summed E-state index contributed by atoms with van der Waals surface area (Å²) in [7, 11) is 0. The fourth-order valence-corrected chi connectivity index (χ4v) is 4.48. The van der Waals surface area contributed by atoms with E-state index >= 15 is 0 Å². The van der Waals surface area contributed by atoms with Crippen molar-refractivity contribution in [3.05, 3.63) is 84.4 Å². The Bertz CT molecular complexity index is 1110. The zero-order valence-corrected chi connectivity index (χ0v) is 19.0. The monoisotopic (exact) mass is 425 g/mol. The summed E-state index contributed by atoms with van der Waals surface area (Å²) in [6.45, 7) is 2.80. The highest BCUT2D eigenvalue weighted by Crippen LogP contribution is 2.30. The van der Waals surface area contributed by atoms with E-state index in [0.29, 0.717) is 0 Å². The number of hydrogen-bond acceptors (Lipinski definition) is 3. The maximum atomic E-state index is 5.60. The largest absolute Gasteiger partial charge is 0.367 e. The van der Waals surface area contributed by atoms with E-state index in [1.54, 1.807) is 0 Å². The van der Waals surface area contributed by atoms with Crippen LogP contribution in [-0.2, 0) is 6.54 Å². The van der Waals surface area contributed by atoms with Gasteiger partial charge in [-0.05, 0) is 49.2 Å². The van der Waals surface area contributed by atoms with Crippen LogP contribution in [0.4, 0.5) is 5.69 Å². The Kier molecular flexibility index (Phi) is 8.11. The molecule has 4 rings (SSSR count). The molecular formula is C29H35N3. The summed E-state index contributed by atoms with van der Waals surface area (Å²) in [4.78, 5) is 7.48. The van der Waals surface area contributed by atoms with Gasteiger partial charge in [-0.2, -0.15) is 0 Å². The average molecular weight is 426 g/mol. The van der Waals surface area contributed by atoms with Crippen molar-refractivity contribution in [1.82, 2.24) is 4.98 Å². The molecule has 3 aromatic carbocycles. The summed E-state index contributed by atoms with van der Waals surface area (Å²) in [5.74, 6) is 0. The SMILES string of the molecule is NCCCCCCCCCN(Cc1ccccc1)c1cccc2nc3ccccc3cc12. The lowest BCUT2D eigenvalue weighted by Crippen LogP contribution is -2.24. The second-order valence-electron chi connectivity index (χ2n) is 8.70. The molecule has 3 nitrogen and oxygen atoms in total. The first-order chi connectivity index (χ1) is 15.8. The fraction of sp³-hybridized carbons (Fsp3) is 0.345. The molecule has 0 radical (unpaired) electrons. The first-order valence-electron chi connectivity index (χ1n) is 12.1. The van der Waals surface area contributed by atoms with E-state index in [9.17, 15) is 0 Å². The first-order valence-corrected chi connectivity index (χ1v) is 12.1. The maximum Gasteiger partial charge on any atom is 0.0730 e. The van der Waals surface area contributed by atoms with Crippen molar-refractivity contribution in [2.75, 3.05) is 18.0 Å². The zero-order chi connectivity index (χ0) is 22.0. The molecule has 0 spiro atoms. The summed E-state index contributed by atoms with van der Waals surface area (Å²) in [6, 6.07) is 28.1. The van der Waals surface area contributed by atoms with Gasteiger partial charge in [0.25, 0.3) is 0 Å². The summed E-state index contributed by atoms with van der Waals surface area (Å²) in [6.07, 6.45) is 8.87. The number of pyridine rings is 1. The number of fused-ring (bicyclic) bond motifs is 2. The van der Waals surface area contributed by atoms with E-state index in [1.165, 1.54) is 60.5 Å². The van der Waals surface area contributed by atoms with Crippen molar-refractivity contribution < 1.29 is 0 Å². The van der Waals surface area contributed by atoms with Crippen molar-refractivity contribution in [1.29, 1.82) is 0 Å². The molecule has 0 bridgehead atoms. The number of para-hydroxylation sites is 1. The van der Waals surface area contributed by atoms with Crippen LogP contribution >= 0.6 is 0 Å². The van der Waals surface area contributed by atoms with Crippen molar-refractivity contribution in [2.24, 2.45) is 5.73 Å². The van der Waals surface area contributed by atoms with Crippen LogP contribution in [0.15, 0.2) is 78.9 Å². The molecule has 4 aromatic rings. The lowest BCUT2D eigenvalue weighted by molar-refractivity contribution is 0.576. The summed E-state index contributed by atoms with van der Waals surface area (Å²) >= 11 is 0. The molecule has 0 unspecified atom stereocenters. The standard InChI is InChI=1S/C29H35N3/c30-20-11-4-2-1-3-5-12-21-32(23-24-14-7-6-8-15-24)29-19-13-18-28-26(29)22-25-16-9-10-17-27(25)31-28/h6-10,13-19,22H,1-5,11-12,20-21,23,30H2. The van der Waals surface area contributed by atoms with Gasteiger partial charge in [0.15, 0.2) is 0 Å². The molecule has 2 N–H and O–H groups in total. The molecule has 166 valence electrons. The van der Waals surface area contributed by atoms with Crippen LogP contribution in [0, 0.1) is 0 Å². The van der Waals surface area contributed by atoms with Gasteiger partial charge in [-0.15, -0.1) is 0 Å². The Balaban J connectivity index is 1.52. The number of hydrogen-bond donors (Lipinski definition) is 1.